The van der Waals surface area contributed by atoms with E-state index < -0.39 is 0 Å². The number of hydrogen-bond acceptors (Lipinski definition) is 4. The minimum absolute atomic E-state index is 0.144. The van der Waals surface area contributed by atoms with Crippen LogP contribution in [0.3, 0.4) is 0 Å². The van der Waals surface area contributed by atoms with Gasteiger partial charge in [-0.1, -0.05) is 54.6 Å². The molecule has 0 saturated heterocycles. The fourth-order valence-corrected chi connectivity index (χ4v) is 3.17. The molecular formula is C21H18N4. The van der Waals surface area contributed by atoms with Crippen molar-refractivity contribution in [2.45, 2.75) is 19.6 Å². The van der Waals surface area contributed by atoms with Crippen LogP contribution < -0.4 is 10.2 Å². The molecule has 1 N–H and O–H groups in total. The fraction of sp³-hybridized carbons (Fsp3) is 0.143. The van der Waals surface area contributed by atoms with Gasteiger partial charge < -0.3 is 10.2 Å². The van der Waals surface area contributed by atoms with Crippen molar-refractivity contribution in [3.8, 4) is 17.2 Å². The Labute approximate surface area is 147 Å². The van der Waals surface area contributed by atoms with Gasteiger partial charge in [-0.25, -0.2) is 4.98 Å². The summed E-state index contributed by atoms with van der Waals surface area (Å²) in [7, 11) is 0. The van der Waals surface area contributed by atoms with E-state index in [-0.39, 0.29) is 6.17 Å². The number of nitrogens with one attached hydrogen (secondary N) is 1. The number of aromatic nitrogens is 1. The lowest BCUT2D eigenvalue weighted by Gasteiger charge is -2.23. The quantitative estimate of drug-likeness (QED) is 0.775. The molecule has 1 atom stereocenters. The largest absolute Gasteiger partial charge is 0.362 e. The zero-order valence-corrected chi connectivity index (χ0v) is 14.0. The van der Waals surface area contributed by atoms with Gasteiger partial charge >= 0.3 is 0 Å². The number of nitrogens with zero attached hydrogens (tertiary/aromatic N) is 3. The van der Waals surface area contributed by atoms with Gasteiger partial charge in [0.1, 0.15) is 11.8 Å². The average Bonchev–Trinajstić information content (AvgIpc) is 2.97. The van der Waals surface area contributed by atoms with Crippen molar-refractivity contribution >= 4 is 11.5 Å². The second-order valence-electron chi connectivity index (χ2n) is 6.19. The highest BCUT2D eigenvalue weighted by Crippen LogP contribution is 2.34. The fourth-order valence-electron chi connectivity index (χ4n) is 3.17. The molecule has 1 aliphatic rings. The zero-order valence-electron chi connectivity index (χ0n) is 14.0. The number of anilines is 2. The van der Waals surface area contributed by atoms with Crippen LogP contribution in [0.2, 0.25) is 0 Å². The predicted molar refractivity (Wildman–Crippen MR) is 100 cm³/mol. The van der Waals surface area contributed by atoms with Gasteiger partial charge in [-0.15, -0.1) is 0 Å². The molecule has 0 bridgehead atoms. The third kappa shape index (κ3) is 2.92. The maximum absolute atomic E-state index is 9.10. The van der Waals surface area contributed by atoms with E-state index in [1.165, 1.54) is 16.7 Å². The molecule has 1 aromatic heterocycles. The molecule has 2 heterocycles. The van der Waals surface area contributed by atoms with E-state index in [9.17, 15) is 0 Å². The van der Waals surface area contributed by atoms with E-state index in [0.717, 1.165) is 18.1 Å². The van der Waals surface area contributed by atoms with Gasteiger partial charge in [-0.2, -0.15) is 5.26 Å². The molecule has 0 fully saturated rings. The smallest absolute Gasteiger partial charge is 0.155 e. The molecule has 4 heteroatoms. The molecule has 0 spiro atoms. The van der Waals surface area contributed by atoms with Crippen LogP contribution in [0.1, 0.15) is 18.2 Å². The summed E-state index contributed by atoms with van der Waals surface area (Å²) in [6.07, 6.45) is 0.144. The van der Waals surface area contributed by atoms with Crippen molar-refractivity contribution in [1.29, 1.82) is 5.26 Å². The molecule has 25 heavy (non-hydrogen) atoms. The Morgan fingerprint density at radius 1 is 1.00 bits per heavy atom. The number of rotatable bonds is 3. The maximum atomic E-state index is 9.10. The second kappa shape index (κ2) is 6.29. The predicted octanol–water partition coefficient (Wildman–Crippen LogP) is 4.40. The van der Waals surface area contributed by atoms with E-state index in [2.05, 4.69) is 76.7 Å². The van der Waals surface area contributed by atoms with Crippen LogP contribution in [-0.4, -0.2) is 11.1 Å². The Morgan fingerprint density at radius 3 is 2.44 bits per heavy atom. The lowest BCUT2D eigenvalue weighted by molar-refractivity contribution is 0.716. The number of nitriles is 1. The van der Waals surface area contributed by atoms with Crippen LogP contribution in [-0.2, 0) is 6.54 Å². The topological polar surface area (TPSA) is 52.0 Å². The molecule has 1 aliphatic heterocycles. The van der Waals surface area contributed by atoms with Gasteiger partial charge in [0.2, 0.25) is 0 Å². The van der Waals surface area contributed by atoms with Gasteiger partial charge in [0.25, 0.3) is 0 Å². The first-order chi connectivity index (χ1) is 12.2. The van der Waals surface area contributed by atoms with E-state index in [4.69, 9.17) is 5.26 Å². The molecular weight excluding hydrogens is 308 g/mol. The Hall–Kier alpha value is -3.32. The number of pyridine rings is 1. The molecule has 0 amide bonds. The molecule has 4 nitrogen and oxygen atoms in total. The van der Waals surface area contributed by atoms with Crippen molar-refractivity contribution in [2.75, 3.05) is 10.2 Å². The van der Waals surface area contributed by atoms with Crippen molar-refractivity contribution in [3.05, 3.63) is 78.0 Å². The van der Waals surface area contributed by atoms with Crippen LogP contribution in [0.5, 0.6) is 0 Å². The summed E-state index contributed by atoms with van der Waals surface area (Å²) in [6, 6.07) is 24.8. The molecule has 0 saturated carbocycles. The number of hydrogen-bond donors (Lipinski definition) is 1. The average molecular weight is 326 g/mol. The van der Waals surface area contributed by atoms with Gasteiger partial charge in [0, 0.05) is 6.54 Å². The van der Waals surface area contributed by atoms with Gasteiger partial charge in [0.05, 0.1) is 11.9 Å². The summed E-state index contributed by atoms with van der Waals surface area (Å²) < 4.78 is 0. The monoisotopic (exact) mass is 326 g/mol. The lowest BCUT2D eigenvalue weighted by atomic mass is 10.0. The summed E-state index contributed by atoms with van der Waals surface area (Å²) >= 11 is 0. The third-order valence-electron chi connectivity index (χ3n) is 4.51. The summed E-state index contributed by atoms with van der Waals surface area (Å²) in [5.74, 6) is 0.846. The summed E-state index contributed by atoms with van der Waals surface area (Å²) in [6.45, 7) is 2.85. The number of fused-ring (bicyclic) bond motifs is 1. The Bertz CT molecular complexity index is 926. The summed E-state index contributed by atoms with van der Waals surface area (Å²) in [5, 5.41) is 12.5. The van der Waals surface area contributed by atoms with E-state index in [0.29, 0.717) is 5.69 Å². The van der Waals surface area contributed by atoms with E-state index >= 15 is 0 Å². The van der Waals surface area contributed by atoms with Crippen LogP contribution in [0.15, 0.2) is 66.7 Å². The highest BCUT2D eigenvalue weighted by molar-refractivity contribution is 5.73. The summed E-state index contributed by atoms with van der Waals surface area (Å²) in [4.78, 5) is 6.66. The SMILES string of the molecule is CC1Nc2ccc(C#N)nc2N1Cc1ccc(-c2ccccc2)cc1. The van der Waals surface area contributed by atoms with E-state index in [1.54, 1.807) is 6.07 Å². The second-order valence-corrected chi connectivity index (χ2v) is 6.19. The van der Waals surface area contributed by atoms with Crippen LogP contribution >= 0.6 is 0 Å². The molecule has 0 radical (unpaired) electrons. The first-order valence-electron chi connectivity index (χ1n) is 8.33. The molecule has 4 rings (SSSR count). The van der Waals surface area contributed by atoms with E-state index in [1.807, 2.05) is 12.1 Å². The lowest BCUT2D eigenvalue weighted by Crippen LogP contribution is -2.32. The minimum Gasteiger partial charge on any atom is -0.362 e. The molecule has 122 valence electrons. The Morgan fingerprint density at radius 2 is 1.72 bits per heavy atom. The van der Waals surface area contributed by atoms with Crippen molar-refractivity contribution in [2.24, 2.45) is 0 Å². The van der Waals surface area contributed by atoms with Gasteiger partial charge in [-0.05, 0) is 35.7 Å². The standard InChI is InChI=1S/C21H18N4/c1-15-23-20-12-11-19(13-22)24-21(20)25(15)14-16-7-9-18(10-8-16)17-5-3-2-4-6-17/h2-12,15,23H,14H2,1H3. The molecule has 2 aromatic carbocycles. The van der Waals surface area contributed by atoms with Gasteiger partial charge in [-0.3, -0.25) is 0 Å². The van der Waals surface area contributed by atoms with Crippen LogP contribution in [0, 0.1) is 11.3 Å². The highest BCUT2D eigenvalue weighted by atomic mass is 15.4. The third-order valence-corrected chi connectivity index (χ3v) is 4.51. The molecule has 3 aromatic rings. The van der Waals surface area contributed by atoms with Gasteiger partial charge in [0.15, 0.2) is 5.82 Å². The molecule has 1 unspecified atom stereocenters. The summed E-state index contributed by atoms with van der Waals surface area (Å²) in [5.41, 5.74) is 5.06. The van der Waals surface area contributed by atoms with Crippen LogP contribution in [0.25, 0.3) is 11.1 Å². The maximum Gasteiger partial charge on any atom is 0.155 e. The number of benzene rings is 2. The Balaban J connectivity index is 1.58. The zero-order chi connectivity index (χ0) is 17.2. The highest BCUT2D eigenvalue weighted by Gasteiger charge is 2.27. The first-order valence-corrected chi connectivity index (χ1v) is 8.33. The van der Waals surface area contributed by atoms with Crippen molar-refractivity contribution < 1.29 is 0 Å². The normalized spacial score (nSPS) is 15.4. The molecule has 0 aliphatic carbocycles. The first kappa shape index (κ1) is 15.2. The van der Waals surface area contributed by atoms with Crippen molar-refractivity contribution in [3.63, 3.8) is 0 Å². The minimum atomic E-state index is 0.144. The van der Waals surface area contributed by atoms with Crippen LogP contribution in [0.4, 0.5) is 11.5 Å². The van der Waals surface area contributed by atoms with Crippen molar-refractivity contribution in [1.82, 2.24) is 4.98 Å². The Kier molecular flexibility index (Phi) is 3.83.